The first-order valence-electron chi connectivity index (χ1n) is 9.84. The molecule has 0 atom stereocenters. The van der Waals surface area contributed by atoms with Crippen LogP contribution < -0.4 is 5.14 Å². The fourth-order valence-electron chi connectivity index (χ4n) is 3.57. The normalized spacial score (nSPS) is 11.6. The molecule has 10 heteroatoms. The molecule has 0 unspecified atom stereocenters. The van der Waals surface area contributed by atoms with Crippen LogP contribution in [-0.2, 0) is 16.6 Å². The van der Waals surface area contributed by atoms with Gasteiger partial charge in [0, 0.05) is 28.2 Å². The average Bonchev–Trinajstić information content (AvgIpc) is 3.32. The van der Waals surface area contributed by atoms with E-state index in [1.807, 2.05) is 49.6 Å². The zero-order valence-corrected chi connectivity index (χ0v) is 18.7. The summed E-state index contributed by atoms with van der Waals surface area (Å²) in [6.07, 6.45) is 0. The summed E-state index contributed by atoms with van der Waals surface area (Å²) in [5.74, 6) is 0.302. The van der Waals surface area contributed by atoms with Gasteiger partial charge in [-0.05, 0) is 56.3 Å². The van der Waals surface area contributed by atoms with Crippen LogP contribution in [0.5, 0.6) is 0 Å². The highest BCUT2D eigenvalue weighted by atomic mass is 32.2. The number of primary sulfonamides is 1. The Balaban J connectivity index is 1.57. The van der Waals surface area contributed by atoms with Gasteiger partial charge in [-0.2, -0.15) is 4.80 Å². The fourth-order valence-corrected chi connectivity index (χ4v) is 4.08. The highest BCUT2D eigenvalue weighted by Gasteiger charge is 2.19. The summed E-state index contributed by atoms with van der Waals surface area (Å²) >= 11 is 0. The van der Waals surface area contributed by atoms with Gasteiger partial charge in [-0.1, -0.05) is 29.8 Å². The lowest BCUT2D eigenvalue weighted by Crippen LogP contribution is -2.14. The SMILES string of the molecule is Cc1ccc(-c2nnn(CC(=O)c3cc(C)n(-c4ccc(S(N)(=O)=O)cc4)c3C)n2)cc1. The largest absolute Gasteiger partial charge is 0.318 e. The minimum Gasteiger partial charge on any atom is -0.318 e. The number of rotatable bonds is 6. The van der Waals surface area contributed by atoms with Crippen molar-refractivity contribution in [2.75, 3.05) is 0 Å². The third-order valence-electron chi connectivity index (χ3n) is 5.20. The van der Waals surface area contributed by atoms with Gasteiger partial charge in [0.25, 0.3) is 0 Å². The molecule has 2 heterocycles. The summed E-state index contributed by atoms with van der Waals surface area (Å²) < 4.78 is 24.9. The minimum absolute atomic E-state index is 0.0293. The van der Waals surface area contributed by atoms with Crippen LogP contribution in [0.3, 0.4) is 0 Å². The summed E-state index contributed by atoms with van der Waals surface area (Å²) in [5.41, 5.74) is 4.79. The quantitative estimate of drug-likeness (QED) is 0.450. The van der Waals surface area contributed by atoms with Gasteiger partial charge in [0.05, 0.1) is 4.90 Å². The molecule has 0 bridgehead atoms. The van der Waals surface area contributed by atoms with Crippen molar-refractivity contribution in [1.29, 1.82) is 0 Å². The van der Waals surface area contributed by atoms with Gasteiger partial charge < -0.3 is 4.57 Å². The molecule has 2 aromatic carbocycles. The summed E-state index contributed by atoms with van der Waals surface area (Å²) in [6.45, 7) is 5.66. The van der Waals surface area contributed by atoms with E-state index >= 15 is 0 Å². The summed E-state index contributed by atoms with van der Waals surface area (Å²) in [7, 11) is -3.77. The van der Waals surface area contributed by atoms with E-state index in [1.54, 1.807) is 18.2 Å². The lowest BCUT2D eigenvalue weighted by Gasteiger charge is -2.10. The lowest BCUT2D eigenvalue weighted by atomic mass is 10.1. The topological polar surface area (TPSA) is 126 Å². The predicted octanol–water partition coefficient (Wildman–Crippen LogP) is 2.59. The number of Topliss-reactive ketones (excluding diaryl/α,β-unsaturated/α-hetero) is 1. The second kappa shape index (κ2) is 8.13. The van der Waals surface area contributed by atoms with Crippen LogP contribution in [0.1, 0.15) is 27.3 Å². The molecule has 0 fully saturated rings. The molecule has 0 saturated heterocycles. The fraction of sp³-hybridized carbons (Fsp3) is 0.182. The minimum atomic E-state index is -3.77. The van der Waals surface area contributed by atoms with Gasteiger partial charge >= 0.3 is 0 Å². The molecule has 32 heavy (non-hydrogen) atoms. The van der Waals surface area contributed by atoms with Gasteiger partial charge in [-0.25, -0.2) is 13.6 Å². The molecule has 0 amide bonds. The van der Waals surface area contributed by atoms with E-state index in [1.165, 1.54) is 16.9 Å². The van der Waals surface area contributed by atoms with Gasteiger partial charge in [0.1, 0.15) is 6.54 Å². The van der Waals surface area contributed by atoms with Crippen LogP contribution in [0.25, 0.3) is 17.1 Å². The van der Waals surface area contributed by atoms with Gasteiger partial charge in [0.2, 0.25) is 15.8 Å². The van der Waals surface area contributed by atoms with Crippen LogP contribution in [-0.4, -0.2) is 39.0 Å². The predicted molar refractivity (Wildman–Crippen MR) is 119 cm³/mol. The van der Waals surface area contributed by atoms with Crippen molar-refractivity contribution in [1.82, 2.24) is 24.8 Å². The average molecular weight is 451 g/mol. The molecule has 0 spiro atoms. The summed E-state index contributed by atoms with van der Waals surface area (Å²) in [5, 5.41) is 17.6. The molecule has 164 valence electrons. The van der Waals surface area contributed by atoms with E-state index < -0.39 is 10.0 Å². The number of nitrogens with two attached hydrogens (primary N) is 1. The maximum absolute atomic E-state index is 13.0. The number of carbonyl (C=O) groups excluding carboxylic acids is 1. The van der Waals surface area contributed by atoms with Crippen molar-refractivity contribution in [2.24, 2.45) is 5.14 Å². The maximum Gasteiger partial charge on any atom is 0.238 e. The number of sulfonamides is 1. The zero-order chi connectivity index (χ0) is 23.0. The van der Waals surface area contributed by atoms with Gasteiger partial charge in [0.15, 0.2) is 5.78 Å². The summed E-state index contributed by atoms with van der Waals surface area (Å²) in [4.78, 5) is 14.3. The molecule has 4 rings (SSSR count). The summed E-state index contributed by atoms with van der Waals surface area (Å²) in [6, 6.07) is 15.7. The standard InChI is InChI=1S/C22H22N6O3S/c1-14-4-6-17(7-5-14)22-24-26-27(25-22)13-21(29)20-12-15(2)28(16(20)3)18-8-10-19(11-9-18)32(23,30)31/h4-12H,13H2,1-3H3,(H2,23,30,31). The first kappa shape index (κ1) is 21.6. The van der Waals surface area contributed by atoms with Crippen LogP contribution in [0.4, 0.5) is 0 Å². The third kappa shape index (κ3) is 4.23. The number of aromatic nitrogens is 5. The Bertz CT molecular complexity index is 1400. The van der Waals surface area contributed by atoms with Gasteiger partial charge in [-0.3, -0.25) is 4.79 Å². The molecule has 0 aliphatic rings. The molecule has 0 aliphatic carbocycles. The maximum atomic E-state index is 13.0. The Labute approximate surface area is 185 Å². The first-order valence-corrected chi connectivity index (χ1v) is 11.4. The first-order chi connectivity index (χ1) is 15.1. The van der Waals surface area contributed by atoms with Crippen LogP contribution in [0, 0.1) is 20.8 Å². The smallest absolute Gasteiger partial charge is 0.238 e. The molecule has 0 saturated carbocycles. The van der Waals surface area contributed by atoms with Crippen LogP contribution in [0.2, 0.25) is 0 Å². The van der Waals surface area contributed by atoms with E-state index in [0.29, 0.717) is 11.4 Å². The highest BCUT2D eigenvalue weighted by molar-refractivity contribution is 7.89. The van der Waals surface area contributed by atoms with Crippen LogP contribution in [0.15, 0.2) is 59.5 Å². The van der Waals surface area contributed by atoms with Gasteiger partial charge in [-0.15, -0.1) is 10.2 Å². The second-order valence-electron chi connectivity index (χ2n) is 7.59. The molecule has 0 radical (unpaired) electrons. The third-order valence-corrected chi connectivity index (χ3v) is 6.13. The zero-order valence-electron chi connectivity index (χ0n) is 17.8. The Hall–Kier alpha value is -3.63. The molecule has 0 aliphatic heterocycles. The highest BCUT2D eigenvalue weighted by Crippen LogP contribution is 2.23. The monoisotopic (exact) mass is 450 g/mol. The van der Waals surface area contributed by atoms with Crippen molar-refractivity contribution in [2.45, 2.75) is 32.2 Å². The van der Waals surface area contributed by atoms with E-state index in [2.05, 4.69) is 15.4 Å². The number of nitrogens with zero attached hydrogens (tertiary/aromatic N) is 5. The number of hydrogen-bond acceptors (Lipinski definition) is 6. The Morgan fingerprint density at radius 2 is 1.66 bits per heavy atom. The molecule has 2 N–H and O–H groups in total. The number of aryl methyl sites for hydroxylation is 2. The van der Waals surface area contributed by atoms with Crippen molar-refractivity contribution in [3.8, 4) is 17.1 Å². The second-order valence-corrected chi connectivity index (χ2v) is 9.15. The number of hydrogen-bond donors (Lipinski definition) is 1. The Morgan fingerprint density at radius 3 is 2.28 bits per heavy atom. The van der Waals surface area contributed by atoms with Crippen molar-refractivity contribution in [3.63, 3.8) is 0 Å². The Morgan fingerprint density at radius 1 is 1.00 bits per heavy atom. The van der Waals surface area contributed by atoms with E-state index in [4.69, 9.17) is 5.14 Å². The van der Waals surface area contributed by atoms with Crippen molar-refractivity contribution in [3.05, 3.63) is 77.1 Å². The van der Waals surface area contributed by atoms with Crippen molar-refractivity contribution >= 4 is 15.8 Å². The number of benzene rings is 2. The molecule has 2 aromatic heterocycles. The van der Waals surface area contributed by atoms with E-state index in [0.717, 1.165) is 28.2 Å². The Kier molecular flexibility index (Phi) is 5.49. The number of carbonyl (C=O) groups is 1. The number of ketones is 1. The molecular weight excluding hydrogens is 428 g/mol. The van der Waals surface area contributed by atoms with Crippen LogP contribution >= 0.6 is 0 Å². The lowest BCUT2D eigenvalue weighted by molar-refractivity contribution is 0.0961. The van der Waals surface area contributed by atoms with Crippen molar-refractivity contribution < 1.29 is 13.2 Å². The molecular formula is C22H22N6O3S. The van der Waals surface area contributed by atoms with E-state index in [-0.39, 0.29) is 17.2 Å². The van der Waals surface area contributed by atoms with E-state index in [9.17, 15) is 13.2 Å². The number of tetrazole rings is 1. The molecule has 4 aromatic rings. The molecule has 9 nitrogen and oxygen atoms in total.